The monoisotopic (exact) mass is 318 g/mol. The summed E-state index contributed by atoms with van der Waals surface area (Å²) in [7, 11) is 1.36. The van der Waals surface area contributed by atoms with E-state index in [0.717, 1.165) is 12.8 Å². The summed E-state index contributed by atoms with van der Waals surface area (Å²) >= 11 is 0. The van der Waals surface area contributed by atoms with Crippen LogP contribution in [0.25, 0.3) is 0 Å². The maximum Gasteiger partial charge on any atom is 0.339 e. The molecule has 23 heavy (non-hydrogen) atoms. The van der Waals surface area contributed by atoms with Gasteiger partial charge in [-0.1, -0.05) is 37.8 Å². The highest BCUT2D eigenvalue weighted by Crippen LogP contribution is 2.18. The van der Waals surface area contributed by atoms with E-state index in [1.807, 2.05) is 12.1 Å². The van der Waals surface area contributed by atoms with Gasteiger partial charge in [0, 0.05) is 24.7 Å². The number of anilines is 1. The topological polar surface area (TPSA) is 67.4 Å². The van der Waals surface area contributed by atoms with Crippen molar-refractivity contribution in [3.63, 3.8) is 0 Å². The van der Waals surface area contributed by atoms with Crippen molar-refractivity contribution in [1.29, 1.82) is 0 Å². The van der Waals surface area contributed by atoms with Crippen LogP contribution in [-0.2, 0) is 9.53 Å². The Morgan fingerprint density at radius 1 is 1.13 bits per heavy atom. The first-order valence-corrected chi connectivity index (χ1v) is 8.41. The van der Waals surface area contributed by atoms with Gasteiger partial charge in [-0.15, -0.1) is 0 Å². The number of carbonyl (C=O) groups excluding carboxylic acids is 2. The van der Waals surface area contributed by atoms with Crippen LogP contribution < -0.4 is 10.6 Å². The quantitative estimate of drug-likeness (QED) is 0.625. The summed E-state index contributed by atoms with van der Waals surface area (Å²) in [5.41, 5.74) is 1.18. The van der Waals surface area contributed by atoms with Crippen LogP contribution in [-0.4, -0.2) is 31.6 Å². The van der Waals surface area contributed by atoms with Crippen LogP contribution in [0.1, 0.15) is 55.3 Å². The summed E-state index contributed by atoms with van der Waals surface area (Å²) in [4.78, 5) is 23.7. The van der Waals surface area contributed by atoms with Crippen molar-refractivity contribution in [3.05, 3.63) is 29.8 Å². The Morgan fingerprint density at radius 3 is 2.52 bits per heavy atom. The molecule has 5 heteroatoms. The molecule has 0 unspecified atom stereocenters. The molecule has 2 rings (SSSR count). The molecule has 0 aliphatic heterocycles. The molecule has 0 radical (unpaired) electrons. The second kappa shape index (κ2) is 9.18. The first-order chi connectivity index (χ1) is 11.2. The largest absolute Gasteiger partial charge is 0.465 e. The van der Waals surface area contributed by atoms with Gasteiger partial charge < -0.3 is 15.4 Å². The highest BCUT2D eigenvalue weighted by Gasteiger charge is 2.15. The molecule has 0 spiro atoms. The minimum Gasteiger partial charge on any atom is -0.465 e. The van der Waals surface area contributed by atoms with E-state index in [1.54, 1.807) is 12.1 Å². The predicted molar refractivity (Wildman–Crippen MR) is 90.5 cm³/mol. The molecule has 0 saturated heterocycles. The molecule has 1 aliphatic carbocycles. The highest BCUT2D eigenvalue weighted by atomic mass is 16.5. The molecule has 1 saturated carbocycles. The van der Waals surface area contributed by atoms with E-state index in [2.05, 4.69) is 10.6 Å². The lowest BCUT2D eigenvalue weighted by Crippen LogP contribution is -2.35. The number of hydrogen-bond donors (Lipinski definition) is 2. The van der Waals surface area contributed by atoms with E-state index in [-0.39, 0.29) is 11.9 Å². The Labute approximate surface area is 137 Å². The van der Waals surface area contributed by atoms with Crippen LogP contribution in [0.15, 0.2) is 24.3 Å². The van der Waals surface area contributed by atoms with Crippen LogP contribution in [0.2, 0.25) is 0 Å². The SMILES string of the molecule is COC(=O)c1ccccc1NCCC(=O)NC1CCCCCC1. The lowest BCUT2D eigenvalue weighted by Gasteiger charge is -2.16. The number of amides is 1. The van der Waals surface area contributed by atoms with Gasteiger partial charge in [-0.3, -0.25) is 4.79 Å². The van der Waals surface area contributed by atoms with E-state index in [1.165, 1.54) is 32.8 Å². The Hall–Kier alpha value is -2.04. The second-order valence-electron chi connectivity index (χ2n) is 5.97. The Bertz CT molecular complexity index is 523. The first-order valence-electron chi connectivity index (χ1n) is 8.41. The number of carbonyl (C=O) groups is 2. The van der Waals surface area contributed by atoms with E-state index < -0.39 is 0 Å². The summed E-state index contributed by atoms with van der Waals surface area (Å²) in [5, 5.41) is 6.27. The Balaban J connectivity index is 1.78. The van der Waals surface area contributed by atoms with Gasteiger partial charge >= 0.3 is 5.97 Å². The van der Waals surface area contributed by atoms with Crippen molar-refractivity contribution in [2.24, 2.45) is 0 Å². The van der Waals surface area contributed by atoms with Crippen LogP contribution in [0.5, 0.6) is 0 Å². The third-order valence-electron chi connectivity index (χ3n) is 4.22. The molecule has 0 atom stereocenters. The van der Waals surface area contributed by atoms with Crippen molar-refractivity contribution in [3.8, 4) is 0 Å². The Kier molecular flexibility index (Phi) is 6.91. The van der Waals surface area contributed by atoms with Crippen molar-refractivity contribution < 1.29 is 14.3 Å². The molecular formula is C18H26N2O3. The molecule has 0 heterocycles. The number of ether oxygens (including phenoxy) is 1. The van der Waals surface area contributed by atoms with Crippen LogP contribution >= 0.6 is 0 Å². The number of para-hydroxylation sites is 1. The van der Waals surface area contributed by atoms with E-state index >= 15 is 0 Å². The van der Waals surface area contributed by atoms with Gasteiger partial charge in [0.1, 0.15) is 0 Å². The molecule has 0 aromatic heterocycles. The third kappa shape index (κ3) is 5.58. The van der Waals surface area contributed by atoms with Gasteiger partial charge in [0.2, 0.25) is 5.91 Å². The summed E-state index contributed by atoms with van der Waals surface area (Å²) in [6.07, 6.45) is 7.53. The molecule has 1 amide bonds. The van der Waals surface area contributed by atoms with Crippen LogP contribution in [0, 0.1) is 0 Å². The molecule has 1 aromatic carbocycles. The minimum atomic E-state index is -0.379. The van der Waals surface area contributed by atoms with Crippen molar-refractivity contribution >= 4 is 17.6 Å². The zero-order valence-corrected chi connectivity index (χ0v) is 13.8. The van der Waals surface area contributed by atoms with Crippen LogP contribution in [0.3, 0.4) is 0 Å². The molecular weight excluding hydrogens is 292 g/mol. The molecule has 0 bridgehead atoms. The average molecular weight is 318 g/mol. The zero-order chi connectivity index (χ0) is 16.5. The first kappa shape index (κ1) is 17.3. The lowest BCUT2D eigenvalue weighted by atomic mass is 10.1. The smallest absolute Gasteiger partial charge is 0.339 e. The van der Waals surface area contributed by atoms with Gasteiger partial charge in [0.15, 0.2) is 0 Å². The molecule has 2 N–H and O–H groups in total. The molecule has 1 fully saturated rings. The fourth-order valence-corrected chi connectivity index (χ4v) is 2.96. The standard InChI is InChI=1S/C18H26N2O3/c1-23-18(22)15-10-6-7-11-16(15)19-13-12-17(21)20-14-8-4-2-3-5-9-14/h6-7,10-11,14,19H,2-5,8-9,12-13H2,1H3,(H,20,21). The normalized spacial score (nSPS) is 15.5. The molecule has 1 aliphatic rings. The molecule has 5 nitrogen and oxygen atoms in total. The number of methoxy groups -OCH3 is 1. The van der Waals surface area contributed by atoms with E-state index in [9.17, 15) is 9.59 Å². The molecule has 126 valence electrons. The second-order valence-corrected chi connectivity index (χ2v) is 5.97. The van der Waals surface area contributed by atoms with Crippen LogP contribution in [0.4, 0.5) is 5.69 Å². The highest BCUT2D eigenvalue weighted by molar-refractivity contribution is 5.95. The number of hydrogen-bond acceptors (Lipinski definition) is 4. The van der Waals surface area contributed by atoms with E-state index in [0.29, 0.717) is 30.3 Å². The van der Waals surface area contributed by atoms with E-state index in [4.69, 9.17) is 4.74 Å². The Morgan fingerprint density at radius 2 is 1.83 bits per heavy atom. The lowest BCUT2D eigenvalue weighted by molar-refractivity contribution is -0.121. The number of rotatable bonds is 6. The third-order valence-corrected chi connectivity index (χ3v) is 4.22. The van der Waals surface area contributed by atoms with Crippen molar-refractivity contribution in [1.82, 2.24) is 5.32 Å². The maximum atomic E-state index is 12.0. The number of esters is 1. The number of benzene rings is 1. The van der Waals surface area contributed by atoms with Gasteiger partial charge in [-0.2, -0.15) is 0 Å². The van der Waals surface area contributed by atoms with Gasteiger partial charge in [0.25, 0.3) is 0 Å². The maximum absolute atomic E-state index is 12.0. The summed E-state index contributed by atoms with van der Waals surface area (Å²) < 4.78 is 4.76. The summed E-state index contributed by atoms with van der Waals surface area (Å²) in [6.45, 7) is 0.493. The van der Waals surface area contributed by atoms with Gasteiger partial charge in [0.05, 0.1) is 12.7 Å². The van der Waals surface area contributed by atoms with Gasteiger partial charge in [-0.05, 0) is 25.0 Å². The minimum absolute atomic E-state index is 0.0694. The van der Waals surface area contributed by atoms with Gasteiger partial charge in [-0.25, -0.2) is 4.79 Å². The molecule has 1 aromatic rings. The van der Waals surface area contributed by atoms with Crippen molar-refractivity contribution in [2.75, 3.05) is 19.0 Å². The fraction of sp³-hybridized carbons (Fsp3) is 0.556. The zero-order valence-electron chi connectivity index (χ0n) is 13.8. The summed E-state index contributed by atoms with van der Waals surface area (Å²) in [6, 6.07) is 7.48. The predicted octanol–water partition coefficient (Wildman–Crippen LogP) is 3.11. The number of nitrogens with one attached hydrogen (secondary N) is 2. The fourth-order valence-electron chi connectivity index (χ4n) is 2.96. The summed E-state index contributed by atoms with van der Waals surface area (Å²) in [5.74, 6) is -0.309. The van der Waals surface area contributed by atoms with Crippen molar-refractivity contribution in [2.45, 2.75) is 51.0 Å². The average Bonchev–Trinajstić information content (AvgIpc) is 2.83.